The Morgan fingerprint density at radius 3 is 2.17 bits per heavy atom. The van der Waals surface area contributed by atoms with Gasteiger partial charge in [-0.1, -0.05) is 18.2 Å². The standard InChI is InChI=1S/C15H26N2O/c1-13(2)17(12-14(3)18)11-10-16(4)15-8-6-5-7-9-15/h5-9,13-14,18H,10-12H2,1-4H3. The quantitative estimate of drug-likeness (QED) is 0.804. The predicted molar refractivity (Wildman–Crippen MR) is 78.1 cm³/mol. The van der Waals surface area contributed by atoms with Crippen LogP contribution in [0.2, 0.25) is 0 Å². The number of hydrogen-bond acceptors (Lipinski definition) is 3. The molecule has 0 bridgehead atoms. The van der Waals surface area contributed by atoms with Gasteiger partial charge in [-0.2, -0.15) is 0 Å². The van der Waals surface area contributed by atoms with E-state index in [1.807, 2.05) is 13.0 Å². The van der Waals surface area contributed by atoms with Gasteiger partial charge >= 0.3 is 0 Å². The van der Waals surface area contributed by atoms with Gasteiger partial charge in [-0.15, -0.1) is 0 Å². The third-order valence-corrected chi connectivity index (χ3v) is 3.15. The van der Waals surface area contributed by atoms with E-state index in [-0.39, 0.29) is 6.10 Å². The molecule has 3 heteroatoms. The number of likely N-dealkylation sites (N-methyl/N-ethyl adjacent to an activating group) is 1. The Morgan fingerprint density at radius 1 is 1.06 bits per heavy atom. The molecule has 0 spiro atoms. The minimum atomic E-state index is -0.269. The lowest BCUT2D eigenvalue weighted by Gasteiger charge is -2.30. The molecular formula is C15H26N2O. The monoisotopic (exact) mass is 250 g/mol. The van der Waals surface area contributed by atoms with Crippen molar-refractivity contribution in [3.63, 3.8) is 0 Å². The van der Waals surface area contributed by atoms with Crippen molar-refractivity contribution in [3.05, 3.63) is 30.3 Å². The van der Waals surface area contributed by atoms with Gasteiger partial charge in [-0.25, -0.2) is 0 Å². The van der Waals surface area contributed by atoms with Gasteiger partial charge in [0.15, 0.2) is 0 Å². The Bertz CT molecular complexity index is 325. The molecule has 0 fully saturated rings. The Labute approximate surface area is 111 Å². The van der Waals surface area contributed by atoms with Crippen molar-refractivity contribution in [2.75, 3.05) is 31.6 Å². The van der Waals surface area contributed by atoms with E-state index < -0.39 is 0 Å². The fourth-order valence-electron chi connectivity index (χ4n) is 1.99. The van der Waals surface area contributed by atoms with Crippen LogP contribution in [0.5, 0.6) is 0 Å². The zero-order chi connectivity index (χ0) is 13.5. The minimum absolute atomic E-state index is 0.269. The number of nitrogens with zero attached hydrogens (tertiary/aromatic N) is 2. The van der Waals surface area contributed by atoms with Crippen molar-refractivity contribution >= 4 is 5.69 Å². The van der Waals surface area contributed by atoms with Crippen LogP contribution in [0.1, 0.15) is 20.8 Å². The molecule has 0 radical (unpaired) electrons. The van der Waals surface area contributed by atoms with Crippen molar-refractivity contribution in [3.8, 4) is 0 Å². The molecule has 1 aromatic rings. The van der Waals surface area contributed by atoms with E-state index in [2.05, 4.69) is 55.0 Å². The maximum atomic E-state index is 9.50. The summed E-state index contributed by atoms with van der Waals surface area (Å²) in [5.74, 6) is 0. The summed E-state index contributed by atoms with van der Waals surface area (Å²) in [5.41, 5.74) is 1.23. The van der Waals surface area contributed by atoms with Crippen molar-refractivity contribution < 1.29 is 5.11 Å². The highest BCUT2D eigenvalue weighted by atomic mass is 16.3. The number of aliphatic hydroxyl groups excluding tert-OH is 1. The van der Waals surface area contributed by atoms with Gasteiger partial charge < -0.3 is 10.0 Å². The van der Waals surface area contributed by atoms with Crippen LogP contribution in [0.4, 0.5) is 5.69 Å². The lowest BCUT2D eigenvalue weighted by molar-refractivity contribution is 0.110. The van der Waals surface area contributed by atoms with E-state index >= 15 is 0 Å². The summed E-state index contributed by atoms with van der Waals surface area (Å²) in [5, 5.41) is 9.50. The molecule has 102 valence electrons. The molecule has 0 aliphatic carbocycles. The highest BCUT2D eigenvalue weighted by Gasteiger charge is 2.12. The highest BCUT2D eigenvalue weighted by Crippen LogP contribution is 2.11. The van der Waals surface area contributed by atoms with Gasteiger partial charge in [0.05, 0.1) is 6.10 Å². The van der Waals surface area contributed by atoms with Crippen LogP contribution in [0.25, 0.3) is 0 Å². The average molecular weight is 250 g/mol. The molecule has 1 aromatic carbocycles. The molecule has 18 heavy (non-hydrogen) atoms. The first-order valence-corrected chi connectivity index (χ1v) is 6.69. The summed E-state index contributed by atoms with van der Waals surface area (Å²) in [7, 11) is 2.11. The number of anilines is 1. The number of hydrogen-bond donors (Lipinski definition) is 1. The highest BCUT2D eigenvalue weighted by molar-refractivity contribution is 5.44. The molecule has 0 saturated carbocycles. The molecule has 0 aromatic heterocycles. The summed E-state index contributed by atoms with van der Waals surface area (Å²) in [6.45, 7) is 8.86. The summed E-state index contributed by atoms with van der Waals surface area (Å²) in [6.07, 6.45) is -0.269. The number of rotatable bonds is 7. The Kier molecular flexibility index (Phi) is 6.16. The SMILES string of the molecule is CC(O)CN(CCN(C)c1ccccc1)C(C)C. The molecule has 1 N–H and O–H groups in total. The number of benzene rings is 1. The number of para-hydroxylation sites is 1. The first-order chi connectivity index (χ1) is 8.50. The van der Waals surface area contributed by atoms with E-state index in [4.69, 9.17) is 0 Å². The first kappa shape index (κ1) is 15.0. The summed E-state index contributed by atoms with van der Waals surface area (Å²) in [4.78, 5) is 4.56. The normalized spacial score (nSPS) is 13.1. The molecule has 0 aliphatic rings. The van der Waals surface area contributed by atoms with Crippen molar-refractivity contribution in [1.29, 1.82) is 0 Å². The lowest BCUT2D eigenvalue weighted by Crippen LogP contribution is -2.41. The first-order valence-electron chi connectivity index (χ1n) is 6.69. The molecule has 0 heterocycles. The Balaban J connectivity index is 2.47. The second-order valence-electron chi connectivity index (χ2n) is 5.19. The van der Waals surface area contributed by atoms with Crippen LogP contribution in [-0.4, -0.2) is 48.8 Å². The molecular weight excluding hydrogens is 224 g/mol. The largest absolute Gasteiger partial charge is 0.392 e. The van der Waals surface area contributed by atoms with Gasteiger partial charge in [-0.05, 0) is 32.9 Å². The molecule has 0 saturated heterocycles. The van der Waals surface area contributed by atoms with Gasteiger partial charge in [-0.3, -0.25) is 4.90 Å². The van der Waals surface area contributed by atoms with Gasteiger partial charge in [0.1, 0.15) is 0 Å². The van der Waals surface area contributed by atoms with E-state index in [1.165, 1.54) is 5.69 Å². The number of aliphatic hydroxyl groups is 1. The van der Waals surface area contributed by atoms with Crippen LogP contribution >= 0.6 is 0 Å². The molecule has 1 atom stereocenters. The van der Waals surface area contributed by atoms with Gasteiger partial charge in [0.2, 0.25) is 0 Å². The van der Waals surface area contributed by atoms with E-state index in [1.54, 1.807) is 0 Å². The zero-order valence-corrected chi connectivity index (χ0v) is 12.0. The Hall–Kier alpha value is -1.06. The lowest BCUT2D eigenvalue weighted by atomic mass is 10.2. The van der Waals surface area contributed by atoms with Crippen LogP contribution < -0.4 is 4.90 Å². The maximum absolute atomic E-state index is 9.50. The second kappa shape index (κ2) is 7.39. The van der Waals surface area contributed by atoms with Crippen LogP contribution in [0, 0.1) is 0 Å². The van der Waals surface area contributed by atoms with Crippen LogP contribution in [-0.2, 0) is 0 Å². The van der Waals surface area contributed by atoms with Crippen molar-refractivity contribution in [1.82, 2.24) is 4.90 Å². The smallest absolute Gasteiger partial charge is 0.0639 e. The summed E-state index contributed by atoms with van der Waals surface area (Å²) >= 11 is 0. The molecule has 1 unspecified atom stereocenters. The van der Waals surface area contributed by atoms with Crippen LogP contribution in [0.3, 0.4) is 0 Å². The van der Waals surface area contributed by atoms with E-state index in [0.29, 0.717) is 6.04 Å². The third kappa shape index (κ3) is 5.07. The van der Waals surface area contributed by atoms with E-state index in [9.17, 15) is 5.11 Å². The summed E-state index contributed by atoms with van der Waals surface area (Å²) < 4.78 is 0. The van der Waals surface area contributed by atoms with Gasteiger partial charge in [0, 0.05) is 38.4 Å². The fraction of sp³-hybridized carbons (Fsp3) is 0.600. The molecule has 3 nitrogen and oxygen atoms in total. The predicted octanol–water partition coefficient (Wildman–Crippen LogP) is 2.21. The van der Waals surface area contributed by atoms with Crippen molar-refractivity contribution in [2.24, 2.45) is 0 Å². The second-order valence-corrected chi connectivity index (χ2v) is 5.19. The van der Waals surface area contributed by atoms with Crippen molar-refractivity contribution in [2.45, 2.75) is 32.9 Å². The van der Waals surface area contributed by atoms with E-state index in [0.717, 1.165) is 19.6 Å². The Morgan fingerprint density at radius 2 is 1.67 bits per heavy atom. The topological polar surface area (TPSA) is 26.7 Å². The zero-order valence-electron chi connectivity index (χ0n) is 12.0. The summed E-state index contributed by atoms with van der Waals surface area (Å²) in [6, 6.07) is 10.8. The average Bonchev–Trinajstić information content (AvgIpc) is 2.34. The molecule has 0 aliphatic heterocycles. The molecule has 0 amide bonds. The minimum Gasteiger partial charge on any atom is -0.392 e. The van der Waals surface area contributed by atoms with Crippen LogP contribution in [0.15, 0.2) is 30.3 Å². The maximum Gasteiger partial charge on any atom is 0.0639 e. The van der Waals surface area contributed by atoms with Gasteiger partial charge in [0.25, 0.3) is 0 Å². The third-order valence-electron chi connectivity index (χ3n) is 3.15. The molecule has 1 rings (SSSR count). The fourth-order valence-corrected chi connectivity index (χ4v) is 1.99.